The molecule has 3 nitrogen and oxygen atoms in total. The van der Waals surface area contributed by atoms with Crippen molar-refractivity contribution in [3.8, 4) is 0 Å². The minimum atomic E-state index is -0.303. The molecule has 1 unspecified atom stereocenters. The number of carbonyl (C=O) groups excluding carboxylic acids is 2. The molecular weight excluding hydrogens is 166 g/mol. The quantitative estimate of drug-likeness (QED) is 0.573. The molecular formula is C10H17NO2. The van der Waals surface area contributed by atoms with Crippen LogP contribution in [0.2, 0.25) is 0 Å². The van der Waals surface area contributed by atoms with E-state index in [0.29, 0.717) is 13.0 Å². The van der Waals surface area contributed by atoms with Crippen molar-refractivity contribution >= 4 is 11.7 Å². The van der Waals surface area contributed by atoms with E-state index in [-0.39, 0.29) is 23.1 Å². The molecule has 0 saturated carbocycles. The van der Waals surface area contributed by atoms with Crippen LogP contribution in [0.25, 0.3) is 0 Å². The highest BCUT2D eigenvalue weighted by molar-refractivity contribution is 6.37. The zero-order valence-electron chi connectivity index (χ0n) is 8.76. The van der Waals surface area contributed by atoms with Crippen LogP contribution in [0, 0.1) is 5.41 Å². The van der Waals surface area contributed by atoms with Crippen molar-refractivity contribution in [3.05, 3.63) is 0 Å². The summed E-state index contributed by atoms with van der Waals surface area (Å²) in [6.45, 7) is 8.82. The van der Waals surface area contributed by atoms with Gasteiger partial charge in [-0.2, -0.15) is 0 Å². The van der Waals surface area contributed by atoms with Crippen LogP contribution in [0.15, 0.2) is 0 Å². The molecule has 0 spiro atoms. The fourth-order valence-electron chi connectivity index (χ4n) is 1.43. The average Bonchev–Trinajstić information content (AvgIpc) is 2.30. The van der Waals surface area contributed by atoms with Crippen molar-refractivity contribution < 1.29 is 9.59 Å². The lowest BCUT2D eigenvalue weighted by Gasteiger charge is -2.34. The second kappa shape index (κ2) is 3.13. The van der Waals surface area contributed by atoms with Gasteiger partial charge in [0, 0.05) is 19.0 Å². The van der Waals surface area contributed by atoms with E-state index < -0.39 is 0 Å². The molecule has 0 aromatic heterocycles. The van der Waals surface area contributed by atoms with Crippen LogP contribution in [0.3, 0.4) is 0 Å². The molecule has 0 aromatic carbocycles. The Labute approximate surface area is 79.1 Å². The SMILES string of the molecule is CC(N1CCC(=O)C1=O)C(C)(C)C. The average molecular weight is 183 g/mol. The Balaban J connectivity index is 2.75. The Kier molecular flexibility index (Phi) is 2.46. The third kappa shape index (κ3) is 1.90. The number of likely N-dealkylation sites (tertiary alicyclic amines) is 1. The Hall–Kier alpha value is -0.860. The van der Waals surface area contributed by atoms with Crippen LogP contribution in [0.4, 0.5) is 0 Å². The molecule has 3 heteroatoms. The standard InChI is InChI=1S/C10H17NO2/c1-7(10(2,3)4)11-6-5-8(12)9(11)13/h7H,5-6H2,1-4H3. The number of amides is 1. The Morgan fingerprint density at radius 1 is 1.31 bits per heavy atom. The molecule has 0 aromatic rings. The van der Waals surface area contributed by atoms with E-state index in [1.54, 1.807) is 4.90 Å². The van der Waals surface area contributed by atoms with Crippen molar-refractivity contribution in [1.82, 2.24) is 4.90 Å². The van der Waals surface area contributed by atoms with Crippen molar-refractivity contribution in [2.24, 2.45) is 5.41 Å². The summed E-state index contributed by atoms with van der Waals surface area (Å²) < 4.78 is 0. The van der Waals surface area contributed by atoms with Gasteiger partial charge >= 0.3 is 0 Å². The summed E-state index contributed by atoms with van der Waals surface area (Å²) in [5.41, 5.74) is 0.0419. The second-order valence-electron chi connectivity index (χ2n) is 4.71. The summed E-state index contributed by atoms with van der Waals surface area (Å²) in [6, 6.07) is 0.131. The maximum Gasteiger partial charge on any atom is 0.290 e. The first-order chi connectivity index (χ1) is 5.84. The van der Waals surface area contributed by atoms with Gasteiger partial charge in [-0.25, -0.2) is 0 Å². The maximum absolute atomic E-state index is 11.4. The van der Waals surface area contributed by atoms with Crippen molar-refractivity contribution in [1.29, 1.82) is 0 Å². The van der Waals surface area contributed by atoms with Gasteiger partial charge in [-0.05, 0) is 12.3 Å². The summed E-state index contributed by atoms with van der Waals surface area (Å²) in [6.07, 6.45) is 0.388. The van der Waals surface area contributed by atoms with Gasteiger partial charge in [0.2, 0.25) is 5.78 Å². The topological polar surface area (TPSA) is 37.4 Å². The Morgan fingerprint density at radius 3 is 2.15 bits per heavy atom. The molecule has 1 saturated heterocycles. The molecule has 1 rings (SSSR count). The zero-order chi connectivity index (χ0) is 10.2. The highest BCUT2D eigenvalue weighted by Gasteiger charge is 2.36. The number of hydrogen-bond donors (Lipinski definition) is 0. The van der Waals surface area contributed by atoms with E-state index in [0.717, 1.165) is 0 Å². The largest absolute Gasteiger partial charge is 0.332 e. The predicted molar refractivity (Wildman–Crippen MR) is 50.3 cm³/mol. The van der Waals surface area contributed by atoms with Crippen molar-refractivity contribution in [2.45, 2.75) is 40.2 Å². The Morgan fingerprint density at radius 2 is 1.85 bits per heavy atom. The van der Waals surface area contributed by atoms with Gasteiger partial charge in [-0.3, -0.25) is 9.59 Å². The first-order valence-electron chi connectivity index (χ1n) is 4.68. The van der Waals surface area contributed by atoms with Crippen LogP contribution in [-0.2, 0) is 9.59 Å². The van der Waals surface area contributed by atoms with Gasteiger partial charge < -0.3 is 4.90 Å². The molecule has 1 aliphatic rings. The maximum atomic E-state index is 11.4. The fourth-order valence-corrected chi connectivity index (χ4v) is 1.43. The monoisotopic (exact) mass is 183 g/mol. The summed E-state index contributed by atoms with van der Waals surface area (Å²) in [4.78, 5) is 24.1. The molecule has 1 amide bonds. The highest BCUT2D eigenvalue weighted by Crippen LogP contribution is 2.26. The first-order valence-corrected chi connectivity index (χ1v) is 4.68. The number of hydrogen-bond acceptors (Lipinski definition) is 2. The normalized spacial score (nSPS) is 21.1. The lowest BCUT2D eigenvalue weighted by molar-refractivity contribution is -0.142. The van der Waals surface area contributed by atoms with Crippen molar-refractivity contribution in [3.63, 3.8) is 0 Å². The molecule has 0 bridgehead atoms. The second-order valence-corrected chi connectivity index (χ2v) is 4.71. The van der Waals surface area contributed by atoms with Crippen LogP contribution in [-0.4, -0.2) is 29.2 Å². The number of Topliss-reactive ketones (excluding diaryl/α,β-unsaturated/α-hetero) is 1. The van der Waals surface area contributed by atoms with E-state index >= 15 is 0 Å². The number of ketones is 1. The number of carbonyl (C=O) groups is 2. The third-order valence-corrected chi connectivity index (χ3v) is 2.80. The highest BCUT2D eigenvalue weighted by atomic mass is 16.2. The fraction of sp³-hybridized carbons (Fsp3) is 0.800. The molecule has 0 radical (unpaired) electrons. The number of nitrogens with zero attached hydrogens (tertiary/aromatic N) is 1. The predicted octanol–water partition coefficient (Wildman–Crippen LogP) is 1.22. The van der Waals surface area contributed by atoms with E-state index in [2.05, 4.69) is 20.8 Å². The minimum absolute atomic E-state index is 0.0419. The minimum Gasteiger partial charge on any atom is -0.332 e. The zero-order valence-corrected chi connectivity index (χ0v) is 8.76. The van der Waals surface area contributed by atoms with Gasteiger partial charge in [-0.1, -0.05) is 20.8 Å². The molecule has 1 atom stereocenters. The van der Waals surface area contributed by atoms with Crippen molar-refractivity contribution in [2.75, 3.05) is 6.54 Å². The molecule has 0 N–H and O–H groups in total. The molecule has 13 heavy (non-hydrogen) atoms. The molecule has 74 valence electrons. The number of rotatable bonds is 1. The van der Waals surface area contributed by atoms with Gasteiger partial charge in [0.1, 0.15) is 0 Å². The lowest BCUT2D eigenvalue weighted by Crippen LogP contribution is -2.43. The molecule has 1 fully saturated rings. The van der Waals surface area contributed by atoms with Crippen LogP contribution < -0.4 is 0 Å². The lowest BCUT2D eigenvalue weighted by atomic mass is 9.87. The summed E-state index contributed by atoms with van der Waals surface area (Å²) in [7, 11) is 0. The van der Waals surface area contributed by atoms with Crippen LogP contribution in [0.1, 0.15) is 34.1 Å². The smallest absolute Gasteiger partial charge is 0.290 e. The van der Waals surface area contributed by atoms with Crippen LogP contribution >= 0.6 is 0 Å². The van der Waals surface area contributed by atoms with E-state index in [1.165, 1.54) is 0 Å². The molecule has 1 aliphatic heterocycles. The third-order valence-electron chi connectivity index (χ3n) is 2.80. The van der Waals surface area contributed by atoms with Gasteiger partial charge in [-0.15, -0.1) is 0 Å². The van der Waals surface area contributed by atoms with Gasteiger partial charge in [0.25, 0.3) is 5.91 Å². The van der Waals surface area contributed by atoms with Gasteiger partial charge in [0.15, 0.2) is 0 Å². The molecule has 1 heterocycles. The van der Waals surface area contributed by atoms with E-state index in [9.17, 15) is 9.59 Å². The van der Waals surface area contributed by atoms with E-state index in [1.807, 2.05) is 6.92 Å². The summed E-state index contributed by atoms with van der Waals surface area (Å²) in [5, 5.41) is 0. The molecule has 0 aliphatic carbocycles. The first kappa shape index (κ1) is 10.2. The summed E-state index contributed by atoms with van der Waals surface area (Å²) >= 11 is 0. The van der Waals surface area contributed by atoms with Crippen LogP contribution in [0.5, 0.6) is 0 Å². The van der Waals surface area contributed by atoms with Gasteiger partial charge in [0.05, 0.1) is 0 Å². The summed E-state index contributed by atoms with van der Waals surface area (Å²) in [5.74, 6) is -0.543. The van der Waals surface area contributed by atoms with E-state index in [4.69, 9.17) is 0 Å². The Bertz CT molecular complexity index is 240.